The molecule has 0 radical (unpaired) electrons. The highest BCUT2D eigenvalue weighted by Crippen LogP contribution is 2.29. The summed E-state index contributed by atoms with van der Waals surface area (Å²) in [7, 11) is -4.10. The molecule has 1 atom stereocenters. The SMILES string of the molecule is CC(Cl)NP(=O)(O)O. The second-order valence-electron chi connectivity index (χ2n) is 1.29. The van der Waals surface area contributed by atoms with Gasteiger partial charge in [-0.05, 0) is 6.92 Å². The Bertz CT molecular complexity index is 110. The van der Waals surface area contributed by atoms with Crippen molar-refractivity contribution in [3.63, 3.8) is 0 Å². The van der Waals surface area contributed by atoms with Crippen LogP contribution in [0.2, 0.25) is 0 Å². The molecule has 0 aromatic heterocycles. The molecule has 0 amide bonds. The van der Waals surface area contributed by atoms with E-state index >= 15 is 0 Å². The number of halogens is 1. The van der Waals surface area contributed by atoms with Crippen molar-refractivity contribution >= 4 is 19.3 Å². The molecule has 1 unspecified atom stereocenters. The Hall–Kier alpha value is 0.400. The predicted molar refractivity (Wildman–Crippen MR) is 30.5 cm³/mol. The highest BCUT2D eigenvalue weighted by molar-refractivity contribution is 7.49. The minimum Gasteiger partial charge on any atom is -0.313 e. The first-order chi connectivity index (χ1) is 3.42. The van der Waals surface area contributed by atoms with Gasteiger partial charge in [-0.15, -0.1) is 11.6 Å². The molecule has 0 spiro atoms. The third-order valence-electron chi connectivity index (χ3n) is 0.346. The van der Waals surface area contributed by atoms with E-state index in [9.17, 15) is 4.57 Å². The molecule has 0 aliphatic carbocycles. The summed E-state index contributed by atoms with van der Waals surface area (Å²) in [5.41, 5.74) is -0.698. The fourth-order valence-electron chi connectivity index (χ4n) is 0.232. The van der Waals surface area contributed by atoms with Crippen molar-refractivity contribution in [3.8, 4) is 0 Å². The van der Waals surface area contributed by atoms with Gasteiger partial charge in [0, 0.05) is 0 Å². The molecule has 0 aliphatic rings. The van der Waals surface area contributed by atoms with Crippen LogP contribution in [-0.4, -0.2) is 15.3 Å². The maximum absolute atomic E-state index is 9.94. The fraction of sp³-hybridized carbons (Fsp3) is 1.00. The zero-order valence-electron chi connectivity index (χ0n) is 4.21. The number of alkyl halides is 1. The minimum atomic E-state index is -4.10. The third kappa shape index (κ3) is 6.40. The van der Waals surface area contributed by atoms with E-state index in [1.54, 1.807) is 0 Å². The van der Waals surface area contributed by atoms with Crippen molar-refractivity contribution in [1.82, 2.24) is 5.09 Å². The van der Waals surface area contributed by atoms with Gasteiger partial charge in [0.15, 0.2) is 0 Å². The molecular formula is C2H7ClNO3P. The van der Waals surface area contributed by atoms with E-state index in [4.69, 9.17) is 21.4 Å². The number of nitrogens with one attached hydrogen (secondary N) is 1. The Morgan fingerprint density at radius 2 is 2.12 bits per heavy atom. The van der Waals surface area contributed by atoms with Crippen LogP contribution < -0.4 is 5.09 Å². The van der Waals surface area contributed by atoms with Gasteiger partial charge < -0.3 is 9.79 Å². The van der Waals surface area contributed by atoms with Crippen LogP contribution in [-0.2, 0) is 4.57 Å². The van der Waals surface area contributed by atoms with Crippen LogP contribution in [0.4, 0.5) is 0 Å². The highest BCUT2D eigenvalue weighted by atomic mass is 35.5. The van der Waals surface area contributed by atoms with Gasteiger partial charge in [0.05, 0.1) is 5.50 Å². The zero-order chi connectivity index (χ0) is 6.78. The molecular weight excluding hydrogens is 152 g/mol. The first-order valence-electron chi connectivity index (χ1n) is 1.89. The predicted octanol–water partition coefficient (Wildman–Crippen LogP) is 0.253. The second-order valence-corrected chi connectivity index (χ2v) is 3.29. The van der Waals surface area contributed by atoms with Crippen molar-refractivity contribution in [2.45, 2.75) is 12.4 Å². The molecule has 0 bridgehead atoms. The van der Waals surface area contributed by atoms with E-state index in [2.05, 4.69) is 0 Å². The van der Waals surface area contributed by atoms with E-state index in [-0.39, 0.29) is 0 Å². The highest BCUT2D eigenvalue weighted by Gasteiger charge is 2.13. The summed E-state index contributed by atoms with van der Waals surface area (Å²) in [4.78, 5) is 16.2. The van der Waals surface area contributed by atoms with E-state index in [0.29, 0.717) is 0 Å². The van der Waals surface area contributed by atoms with Crippen LogP contribution in [0.25, 0.3) is 0 Å². The Balaban J connectivity index is 3.56. The summed E-state index contributed by atoms with van der Waals surface area (Å²) < 4.78 is 9.94. The largest absolute Gasteiger partial charge is 0.401 e. The maximum Gasteiger partial charge on any atom is 0.401 e. The molecule has 6 heteroatoms. The average Bonchev–Trinajstić information content (AvgIpc) is 1.21. The topological polar surface area (TPSA) is 69.6 Å². The first-order valence-corrected chi connectivity index (χ1v) is 3.94. The van der Waals surface area contributed by atoms with Gasteiger partial charge >= 0.3 is 7.75 Å². The van der Waals surface area contributed by atoms with Crippen LogP contribution >= 0.6 is 19.3 Å². The molecule has 0 saturated heterocycles. The smallest absolute Gasteiger partial charge is 0.313 e. The molecule has 0 rings (SSSR count). The van der Waals surface area contributed by atoms with Crippen LogP contribution in [0.1, 0.15) is 6.92 Å². The molecule has 0 saturated carbocycles. The lowest BCUT2D eigenvalue weighted by Gasteiger charge is -2.05. The monoisotopic (exact) mass is 159 g/mol. The van der Waals surface area contributed by atoms with Gasteiger partial charge in [0.1, 0.15) is 0 Å². The summed E-state index contributed by atoms with van der Waals surface area (Å²) in [6.07, 6.45) is 0. The molecule has 0 aliphatic heterocycles. The second kappa shape index (κ2) is 2.80. The van der Waals surface area contributed by atoms with Crippen LogP contribution in [0, 0.1) is 0 Å². The van der Waals surface area contributed by atoms with Gasteiger partial charge in [0.2, 0.25) is 0 Å². The molecule has 8 heavy (non-hydrogen) atoms. The molecule has 0 heterocycles. The number of rotatable bonds is 2. The first kappa shape index (κ1) is 8.40. The normalized spacial score (nSPS) is 16.0. The van der Waals surface area contributed by atoms with Crippen LogP contribution in [0.3, 0.4) is 0 Å². The van der Waals surface area contributed by atoms with Gasteiger partial charge in [-0.1, -0.05) is 0 Å². The van der Waals surface area contributed by atoms with E-state index in [1.807, 2.05) is 5.09 Å². The van der Waals surface area contributed by atoms with Gasteiger partial charge in [0.25, 0.3) is 0 Å². The lowest BCUT2D eigenvalue weighted by Crippen LogP contribution is -2.15. The molecule has 50 valence electrons. The summed E-state index contributed by atoms with van der Waals surface area (Å²) in [5, 5.41) is 1.81. The summed E-state index contributed by atoms with van der Waals surface area (Å²) in [5.74, 6) is 0. The van der Waals surface area contributed by atoms with E-state index in [1.165, 1.54) is 6.92 Å². The van der Waals surface area contributed by atoms with Crippen molar-refractivity contribution in [1.29, 1.82) is 0 Å². The minimum absolute atomic E-state index is 0.698. The molecule has 0 aromatic rings. The van der Waals surface area contributed by atoms with Crippen molar-refractivity contribution < 1.29 is 14.4 Å². The van der Waals surface area contributed by atoms with E-state index < -0.39 is 13.2 Å². The Morgan fingerprint density at radius 3 is 2.12 bits per heavy atom. The Morgan fingerprint density at radius 1 is 1.75 bits per heavy atom. The lowest BCUT2D eigenvalue weighted by molar-refractivity contribution is 0.356. The zero-order valence-corrected chi connectivity index (χ0v) is 5.86. The van der Waals surface area contributed by atoms with Crippen LogP contribution in [0.15, 0.2) is 0 Å². The Labute approximate surface area is 52.1 Å². The van der Waals surface area contributed by atoms with Crippen LogP contribution in [0.5, 0.6) is 0 Å². The van der Waals surface area contributed by atoms with Crippen molar-refractivity contribution in [3.05, 3.63) is 0 Å². The molecule has 0 aromatic carbocycles. The maximum atomic E-state index is 9.94. The average molecular weight is 160 g/mol. The number of hydrogen-bond acceptors (Lipinski definition) is 1. The summed E-state index contributed by atoms with van der Waals surface area (Å²) in [6.45, 7) is 1.43. The summed E-state index contributed by atoms with van der Waals surface area (Å²) in [6, 6.07) is 0. The van der Waals surface area contributed by atoms with E-state index in [0.717, 1.165) is 0 Å². The fourth-order valence-corrected chi connectivity index (χ4v) is 1.08. The number of hydrogen-bond donors (Lipinski definition) is 3. The van der Waals surface area contributed by atoms with Gasteiger partial charge in [-0.2, -0.15) is 0 Å². The quantitative estimate of drug-likeness (QED) is 0.307. The summed E-state index contributed by atoms with van der Waals surface area (Å²) >= 11 is 5.16. The lowest BCUT2D eigenvalue weighted by atomic mass is 10.8. The van der Waals surface area contributed by atoms with Gasteiger partial charge in [-0.3, -0.25) is 0 Å². The van der Waals surface area contributed by atoms with Gasteiger partial charge in [-0.25, -0.2) is 9.65 Å². The molecule has 4 nitrogen and oxygen atoms in total. The van der Waals surface area contributed by atoms with Crippen molar-refractivity contribution in [2.24, 2.45) is 0 Å². The molecule has 3 N–H and O–H groups in total. The third-order valence-corrected chi connectivity index (χ3v) is 1.33. The van der Waals surface area contributed by atoms with Crippen molar-refractivity contribution in [2.75, 3.05) is 0 Å². The standard InChI is InChI=1S/C2H7ClNO3P/c1-2(3)4-8(5,6)7/h2H,1H3,(H3,4,5,6,7). The molecule has 0 fully saturated rings. The Kier molecular flexibility index (Phi) is 2.94.